The number of nitrogens with one attached hydrogen (secondary N) is 2. The molecule has 134 valence electrons. The predicted octanol–water partition coefficient (Wildman–Crippen LogP) is 2.49. The summed E-state index contributed by atoms with van der Waals surface area (Å²) in [5, 5.41) is 6.75. The number of aryl methyl sites for hydroxylation is 1. The minimum atomic E-state index is 0.226. The minimum Gasteiger partial charge on any atom is -0.465 e. The van der Waals surface area contributed by atoms with E-state index in [1.807, 2.05) is 31.2 Å². The van der Waals surface area contributed by atoms with Crippen LogP contribution in [-0.4, -0.2) is 42.5 Å². The van der Waals surface area contributed by atoms with Crippen molar-refractivity contribution < 1.29 is 4.42 Å². The summed E-state index contributed by atoms with van der Waals surface area (Å²) >= 11 is 0. The first-order chi connectivity index (χ1) is 12.3. The Morgan fingerprint density at radius 3 is 2.72 bits per heavy atom. The van der Waals surface area contributed by atoms with Crippen LogP contribution in [0.15, 0.2) is 45.9 Å². The molecule has 25 heavy (non-hydrogen) atoms. The molecule has 1 unspecified atom stereocenters. The molecule has 3 rings (SSSR count). The van der Waals surface area contributed by atoms with Crippen LogP contribution in [0.2, 0.25) is 0 Å². The number of aliphatic imine (C=N–C) groups is 1. The molecule has 3 heterocycles. The highest BCUT2D eigenvalue weighted by Crippen LogP contribution is 2.26. The molecule has 2 aromatic heterocycles. The van der Waals surface area contributed by atoms with Gasteiger partial charge in [0.2, 0.25) is 0 Å². The molecule has 0 aromatic carbocycles. The Morgan fingerprint density at radius 1 is 1.24 bits per heavy atom. The van der Waals surface area contributed by atoms with Gasteiger partial charge in [-0.1, -0.05) is 6.07 Å². The van der Waals surface area contributed by atoms with Crippen LogP contribution in [0.25, 0.3) is 0 Å². The minimum absolute atomic E-state index is 0.226. The lowest BCUT2D eigenvalue weighted by molar-refractivity contribution is 0.213. The van der Waals surface area contributed by atoms with Crippen molar-refractivity contribution in [1.82, 2.24) is 20.5 Å². The van der Waals surface area contributed by atoms with Crippen LogP contribution in [0.4, 0.5) is 0 Å². The summed E-state index contributed by atoms with van der Waals surface area (Å²) < 4.78 is 5.90. The number of nitrogens with zero attached hydrogens (tertiary/aromatic N) is 3. The molecule has 2 aromatic rings. The van der Waals surface area contributed by atoms with Crippen molar-refractivity contribution in [2.24, 2.45) is 4.99 Å². The molecule has 0 bridgehead atoms. The zero-order valence-corrected chi connectivity index (χ0v) is 15.0. The second-order valence-electron chi connectivity index (χ2n) is 6.34. The summed E-state index contributed by atoms with van der Waals surface area (Å²) in [5.74, 6) is 2.75. The third-order valence-electron chi connectivity index (χ3n) is 4.52. The molecule has 0 saturated carbocycles. The lowest BCUT2D eigenvalue weighted by Crippen LogP contribution is -2.42. The third-order valence-corrected chi connectivity index (χ3v) is 4.52. The van der Waals surface area contributed by atoms with Gasteiger partial charge < -0.3 is 15.1 Å². The quantitative estimate of drug-likeness (QED) is 0.624. The Labute approximate surface area is 149 Å². The second-order valence-corrected chi connectivity index (χ2v) is 6.34. The van der Waals surface area contributed by atoms with Gasteiger partial charge in [-0.3, -0.25) is 14.9 Å². The molecule has 6 nitrogen and oxygen atoms in total. The first kappa shape index (κ1) is 17.5. The zero-order chi connectivity index (χ0) is 17.5. The number of pyridine rings is 1. The van der Waals surface area contributed by atoms with E-state index in [1.165, 1.54) is 12.8 Å². The van der Waals surface area contributed by atoms with Crippen LogP contribution in [-0.2, 0) is 6.54 Å². The van der Waals surface area contributed by atoms with E-state index >= 15 is 0 Å². The number of hydrogen-bond donors (Lipinski definition) is 2. The van der Waals surface area contributed by atoms with Crippen molar-refractivity contribution in [3.05, 3.63) is 53.7 Å². The van der Waals surface area contributed by atoms with E-state index in [0.29, 0.717) is 6.54 Å². The normalized spacial score (nSPS) is 16.8. The van der Waals surface area contributed by atoms with Crippen molar-refractivity contribution in [2.75, 3.05) is 26.7 Å². The summed E-state index contributed by atoms with van der Waals surface area (Å²) in [6, 6.07) is 10.3. The van der Waals surface area contributed by atoms with Crippen molar-refractivity contribution >= 4 is 5.96 Å². The van der Waals surface area contributed by atoms with E-state index in [2.05, 4.69) is 31.6 Å². The summed E-state index contributed by atoms with van der Waals surface area (Å²) in [6.07, 6.45) is 4.31. The first-order valence-corrected chi connectivity index (χ1v) is 8.91. The highest BCUT2D eigenvalue weighted by atomic mass is 16.3. The second kappa shape index (κ2) is 8.67. The van der Waals surface area contributed by atoms with Crippen LogP contribution in [0.1, 0.15) is 36.1 Å². The summed E-state index contributed by atoms with van der Waals surface area (Å²) in [6.45, 7) is 5.63. The molecule has 1 fully saturated rings. The van der Waals surface area contributed by atoms with Crippen molar-refractivity contribution in [3.8, 4) is 0 Å². The van der Waals surface area contributed by atoms with E-state index in [9.17, 15) is 0 Å². The van der Waals surface area contributed by atoms with Crippen molar-refractivity contribution in [1.29, 1.82) is 0 Å². The summed E-state index contributed by atoms with van der Waals surface area (Å²) in [7, 11) is 1.79. The number of furan rings is 1. The van der Waals surface area contributed by atoms with Crippen LogP contribution in [0.3, 0.4) is 0 Å². The van der Waals surface area contributed by atoms with Crippen LogP contribution >= 0.6 is 0 Å². The standard InChI is InChI=1S/C19H27N5O/c1-15-8-9-18(25-15)17(24-11-5-6-12-24)14-23-19(20-2)22-13-16-7-3-4-10-21-16/h3-4,7-10,17H,5-6,11-14H2,1-2H3,(H2,20,22,23). The lowest BCUT2D eigenvalue weighted by atomic mass is 10.2. The van der Waals surface area contributed by atoms with Crippen LogP contribution in [0, 0.1) is 6.92 Å². The molecule has 2 N–H and O–H groups in total. The maximum atomic E-state index is 5.90. The topological polar surface area (TPSA) is 65.7 Å². The molecule has 6 heteroatoms. The van der Waals surface area contributed by atoms with Gasteiger partial charge in [-0.25, -0.2) is 0 Å². The highest BCUT2D eigenvalue weighted by molar-refractivity contribution is 5.79. The van der Waals surface area contributed by atoms with E-state index in [-0.39, 0.29) is 6.04 Å². The number of hydrogen-bond acceptors (Lipinski definition) is 4. The fourth-order valence-corrected chi connectivity index (χ4v) is 3.19. The Kier molecular flexibility index (Phi) is 6.06. The lowest BCUT2D eigenvalue weighted by Gasteiger charge is -2.26. The molecule has 1 aliphatic heterocycles. The molecular formula is C19H27N5O. The highest BCUT2D eigenvalue weighted by Gasteiger charge is 2.26. The summed E-state index contributed by atoms with van der Waals surface area (Å²) in [4.78, 5) is 11.1. The van der Waals surface area contributed by atoms with Crippen molar-refractivity contribution in [3.63, 3.8) is 0 Å². The molecule has 0 amide bonds. The fraction of sp³-hybridized carbons (Fsp3) is 0.474. The van der Waals surface area contributed by atoms with Gasteiger partial charge in [0.15, 0.2) is 5.96 Å². The van der Waals surface area contributed by atoms with E-state index in [1.54, 1.807) is 13.2 Å². The number of rotatable bonds is 6. The Morgan fingerprint density at radius 2 is 2.08 bits per heavy atom. The molecule has 0 spiro atoms. The van der Waals surface area contributed by atoms with Crippen molar-refractivity contribution in [2.45, 2.75) is 32.4 Å². The SMILES string of the molecule is CN=C(NCc1ccccn1)NCC(c1ccc(C)o1)N1CCCC1. The first-order valence-electron chi connectivity index (χ1n) is 8.91. The molecule has 1 aliphatic rings. The van der Waals surface area contributed by atoms with Gasteiger partial charge in [0.25, 0.3) is 0 Å². The van der Waals surface area contributed by atoms with Gasteiger partial charge in [0.05, 0.1) is 18.3 Å². The van der Waals surface area contributed by atoms with Crippen LogP contribution < -0.4 is 10.6 Å². The van der Waals surface area contributed by atoms with Gasteiger partial charge in [0, 0.05) is 19.8 Å². The van der Waals surface area contributed by atoms with Gasteiger partial charge >= 0.3 is 0 Å². The third kappa shape index (κ3) is 4.82. The van der Waals surface area contributed by atoms with E-state index < -0.39 is 0 Å². The molecular weight excluding hydrogens is 314 g/mol. The van der Waals surface area contributed by atoms with Gasteiger partial charge in [-0.15, -0.1) is 0 Å². The Hall–Kier alpha value is -2.34. The van der Waals surface area contributed by atoms with Gasteiger partial charge in [-0.2, -0.15) is 0 Å². The monoisotopic (exact) mass is 341 g/mol. The predicted molar refractivity (Wildman–Crippen MR) is 99.4 cm³/mol. The number of aromatic nitrogens is 1. The Balaban J connectivity index is 1.59. The zero-order valence-electron chi connectivity index (χ0n) is 15.0. The molecule has 0 aliphatic carbocycles. The Bertz CT molecular complexity index is 676. The number of likely N-dealkylation sites (tertiary alicyclic amines) is 1. The molecule has 1 atom stereocenters. The fourth-order valence-electron chi connectivity index (χ4n) is 3.19. The van der Waals surface area contributed by atoms with E-state index in [0.717, 1.165) is 42.8 Å². The average molecular weight is 341 g/mol. The van der Waals surface area contributed by atoms with E-state index in [4.69, 9.17) is 4.42 Å². The average Bonchev–Trinajstić information content (AvgIpc) is 3.31. The maximum absolute atomic E-state index is 5.90. The van der Waals surface area contributed by atoms with Gasteiger partial charge in [0.1, 0.15) is 11.5 Å². The smallest absolute Gasteiger partial charge is 0.191 e. The van der Waals surface area contributed by atoms with Gasteiger partial charge in [-0.05, 0) is 57.1 Å². The van der Waals surface area contributed by atoms with Crippen LogP contribution in [0.5, 0.6) is 0 Å². The largest absolute Gasteiger partial charge is 0.465 e. The summed E-state index contributed by atoms with van der Waals surface area (Å²) in [5.41, 5.74) is 0.989. The number of guanidine groups is 1. The molecule has 1 saturated heterocycles. The maximum Gasteiger partial charge on any atom is 0.191 e. The molecule has 0 radical (unpaired) electrons.